The number of likely N-dealkylation sites (tertiary alicyclic amines) is 1. The lowest BCUT2D eigenvalue weighted by Gasteiger charge is -2.32. The Morgan fingerprint density at radius 3 is 2.67 bits per heavy atom. The summed E-state index contributed by atoms with van der Waals surface area (Å²) >= 11 is 0. The van der Waals surface area contributed by atoms with E-state index in [1.165, 1.54) is 12.7 Å². The third-order valence-electron chi connectivity index (χ3n) is 5.83. The number of nitrogens with zero attached hydrogens (tertiary/aromatic N) is 2. The number of piperidine rings is 1. The molecule has 3 fully saturated rings. The number of carbonyl (C=O) groups excluding carboxylic acids is 1. The van der Waals surface area contributed by atoms with Crippen molar-refractivity contribution in [3.63, 3.8) is 0 Å². The Morgan fingerprint density at radius 1 is 1.11 bits per heavy atom. The van der Waals surface area contributed by atoms with Crippen molar-refractivity contribution in [3.8, 4) is 0 Å². The lowest BCUT2D eigenvalue weighted by atomic mass is 10.0. The first-order valence-electron chi connectivity index (χ1n) is 10.4. The van der Waals surface area contributed by atoms with Gasteiger partial charge in [0.25, 0.3) is 5.91 Å². The van der Waals surface area contributed by atoms with Crippen molar-refractivity contribution in [3.05, 3.63) is 17.8 Å². The number of ether oxygens (including phenoxy) is 3. The van der Waals surface area contributed by atoms with E-state index in [9.17, 15) is 4.79 Å². The first kappa shape index (κ1) is 18.9. The van der Waals surface area contributed by atoms with Crippen molar-refractivity contribution < 1.29 is 23.4 Å². The average Bonchev–Trinajstić information content (AvgIpc) is 3.24. The number of hydrogen-bond acceptors (Lipinski definition) is 6. The topological polar surface area (TPSA) is 74.0 Å². The number of rotatable bonds is 5. The molecule has 3 aliphatic rings. The summed E-state index contributed by atoms with van der Waals surface area (Å²) < 4.78 is 22.7. The normalized spacial score (nSPS) is 25.6. The van der Waals surface area contributed by atoms with E-state index >= 15 is 0 Å². The predicted molar refractivity (Wildman–Crippen MR) is 97.8 cm³/mol. The van der Waals surface area contributed by atoms with Crippen LogP contribution in [0.15, 0.2) is 10.7 Å². The van der Waals surface area contributed by atoms with Crippen LogP contribution >= 0.6 is 0 Å². The van der Waals surface area contributed by atoms with Gasteiger partial charge < -0.3 is 23.5 Å². The molecule has 4 rings (SSSR count). The molecule has 0 aliphatic carbocycles. The molecule has 0 N–H and O–H groups in total. The smallest absolute Gasteiger partial charge is 0.275 e. The van der Waals surface area contributed by atoms with Crippen molar-refractivity contribution in [2.75, 3.05) is 39.5 Å². The van der Waals surface area contributed by atoms with Gasteiger partial charge in [0.05, 0.1) is 18.8 Å². The number of aromatic nitrogens is 1. The predicted octanol–water partition coefficient (Wildman–Crippen LogP) is 2.76. The van der Waals surface area contributed by atoms with Crippen LogP contribution in [0.25, 0.3) is 0 Å². The van der Waals surface area contributed by atoms with E-state index in [1.807, 2.05) is 4.90 Å². The molecule has 7 nitrogen and oxygen atoms in total. The van der Waals surface area contributed by atoms with Crippen LogP contribution in [0, 0.1) is 0 Å². The van der Waals surface area contributed by atoms with E-state index in [-0.39, 0.29) is 24.0 Å². The van der Waals surface area contributed by atoms with Gasteiger partial charge in [-0.2, -0.15) is 0 Å². The average molecular weight is 378 g/mol. The summed E-state index contributed by atoms with van der Waals surface area (Å²) in [5, 5.41) is 0. The van der Waals surface area contributed by atoms with Gasteiger partial charge >= 0.3 is 0 Å². The third-order valence-corrected chi connectivity index (χ3v) is 5.83. The maximum atomic E-state index is 12.7. The summed E-state index contributed by atoms with van der Waals surface area (Å²) in [7, 11) is 0. The highest BCUT2D eigenvalue weighted by atomic mass is 16.5. The van der Waals surface area contributed by atoms with Crippen LogP contribution in [0.4, 0.5) is 0 Å². The molecule has 3 aliphatic heterocycles. The molecule has 7 heteroatoms. The Morgan fingerprint density at radius 2 is 1.93 bits per heavy atom. The van der Waals surface area contributed by atoms with Crippen LogP contribution < -0.4 is 0 Å². The zero-order valence-electron chi connectivity index (χ0n) is 15.9. The van der Waals surface area contributed by atoms with E-state index in [4.69, 9.17) is 18.6 Å². The van der Waals surface area contributed by atoms with Gasteiger partial charge in [0.15, 0.2) is 11.6 Å². The fourth-order valence-electron chi connectivity index (χ4n) is 4.09. The number of hydrogen-bond donors (Lipinski definition) is 0. The summed E-state index contributed by atoms with van der Waals surface area (Å²) in [5.74, 6) is 0.903. The van der Waals surface area contributed by atoms with Gasteiger partial charge in [-0.05, 0) is 44.9 Å². The van der Waals surface area contributed by atoms with Crippen molar-refractivity contribution in [1.29, 1.82) is 0 Å². The van der Waals surface area contributed by atoms with Gasteiger partial charge in [0.1, 0.15) is 6.26 Å². The van der Waals surface area contributed by atoms with Crippen LogP contribution in [-0.2, 0) is 14.2 Å². The van der Waals surface area contributed by atoms with Gasteiger partial charge in [0, 0.05) is 38.8 Å². The zero-order valence-corrected chi connectivity index (χ0v) is 15.9. The SMILES string of the molecule is O=C(c1coc(C2CCOCC2)n1)N1CCC(OCC2CCCCO2)CC1. The zero-order chi connectivity index (χ0) is 18.5. The fourth-order valence-corrected chi connectivity index (χ4v) is 4.09. The summed E-state index contributed by atoms with van der Waals surface area (Å²) in [6.07, 6.45) is 9.00. The van der Waals surface area contributed by atoms with Gasteiger partial charge in [-0.15, -0.1) is 0 Å². The van der Waals surface area contributed by atoms with Crippen molar-refractivity contribution in [2.45, 2.75) is 63.1 Å². The molecule has 0 spiro atoms. The van der Waals surface area contributed by atoms with Gasteiger partial charge in [-0.1, -0.05) is 0 Å². The molecule has 0 aromatic carbocycles. The largest absolute Gasteiger partial charge is 0.448 e. The molecule has 1 amide bonds. The molecule has 1 aromatic heterocycles. The second kappa shape index (κ2) is 9.17. The van der Waals surface area contributed by atoms with Crippen LogP contribution in [0.3, 0.4) is 0 Å². The quantitative estimate of drug-likeness (QED) is 0.784. The van der Waals surface area contributed by atoms with Crippen LogP contribution in [0.5, 0.6) is 0 Å². The molecule has 150 valence electrons. The van der Waals surface area contributed by atoms with Gasteiger partial charge in [-0.3, -0.25) is 4.79 Å². The Labute approximate surface area is 160 Å². The molecular formula is C20H30N2O5. The van der Waals surface area contributed by atoms with Gasteiger partial charge in [-0.25, -0.2) is 4.98 Å². The Hall–Kier alpha value is -1.44. The highest BCUT2D eigenvalue weighted by molar-refractivity contribution is 5.92. The highest BCUT2D eigenvalue weighted by Gasteiger charge is 2.28. The molecule has 3 saturated heterocycles. The van der Waals surface area contributed by atoms with Gasteiger partial charge in [0.2, 0.25) is 0 Å². The maximum absolute atomic E-state index is 12.7. The molecule has 1 aromatic rings. The molecular weight excluding hydrogens is 348 g/mol. The second-order valence-electron chi connectivity index (χ2n) is 7.77. The van der Waals surface area contributed by atoms with E-state index in [0.717, 1.165) is 58.3 Å². The standard InChI is InChI=1S/C20H30N2O5/c23-20(18-14-27-19(21-18)15-6-11-24-12-7-15)22-8-4-16(5-9-22)26-13-17-3-1-2-10-25-17/h14-17H,1-13H2. The van der Waals surface area contributed by atoms with Crippen molar-refractivity contribution in [1.82, 2.24) is 9.88 Å². The lowest BCUT2D eigenvalue weighted by molar-refractivity contribution is -0.0733. The van der Waals surface area contributed by atoms with Crippen LogP contribution in [0.1, 0.15) is 67.2 Å². The molecule has 1 atom stereocenters. The molecule has 27 heavy (non-hydrogen) atoms. The number of carbonyl (C=O) groups is 1. The Kier molecular flexibility index (Phi) is 6.42. The summed E-state index contributed by atoms with van der Waals surface area (Å²) in [4.78, 5) is 19.1. The molecule has 0 radical (unpaired) electrons. The molecule has 4 heterocycles. The molecule has 0 bridgehead atoms. The highest BCUT2D eigenvalue weighted by Crippen LogP contribution is 2.27. The maximum Gasteiger partial charge on any atom is 0.275 e. The molecule has 1 unspecified atom stereocenters. The minimum atomic E-state index is -0.0360. The summed E-state index contributed by atoms with van der Waals surface area (Å²) in [5.41, 5.74) is 0.423. The Bertz CT molecular complexity index is 599. The summed E-state index contributed by atoms with van der Waals surface area (Å²) in [6, 6.07) is 0. The fraction of sp³-hybridized carbons (Fsp3) is 0.800. The second-order valence-corrected chi connectivity index (χ2v) is 7.77. The first-order valence-corrected chi connectivity index (χ1v) is 10.4. The first-order chi connectivity index (χ1) is 13.3. The van der Waals surface area contributed by atoms with E-state index in [1.54, 1.807) is 0 Å². The van der Waals surface area contributed by atoms with Crippen molar-refractivity contribution in [2.24, 2.45) is 0 Å². The minimum Gasteiger partial charge on any atom is -0.448 e. The van der Waals surface area contributed by atoms with E-state index in [0.29, 0.717) is 31.3 Å². The van der Waals surface area contributed by atoms with E-state index < -0.39 is 0 Å². The Balaban J connectivity index is 1.23. The number of amides is 1. The van der Waals surface area contributed by atoms with Crippen LogP contribution in [-0.4, -0.2) is 67.5 Å². The summed E-state index contributed by atoms with van der Waals surface area (Å²) in [6.45, 7) is 4.40. The lowest BCUT2D eigenvalue weighted by Crippen LogP contribution is -2.41. The van der Waals surface area contributed by atoms with Crippen molar-refractivity contribution >= 4 is 5.91 Å². The van der Waals surface area contributed by atoms with E-state index in [2.05, 4.69) is 4.98 Å². The molecule has 0 saturated carbocycles. The minimum absolute atomic E-state index is 0.0360. The number of oxazole rings is 1. The monoisotopic (exact) mass is 378 g/mol. The third kappa shape index (κ3) is 4.89. The van der Waals surface area contributed by atoms with Crippen LogP contribution in [0.2, 0.25) is 0 Å².